The minimum Gasteiger partial charge on any atom is -0.370 e. The molecule has 7 nitrogen and oxygen atoms in total. The molecule has 2 amide bonds. The molecule has 158 valence electrons. The molecule has 0 radical (unpaired) electrons. The Bertz CT molecular complexity index is 1310. The Hall–Kier alpha value is -3.30. The minimum absolute atomic E-state index is 0.191. The molecular weight excluding hydrogens is 419 g/mol. The van der Waals surface area contributed by atoms with E-state index in [0.717, 1.165) is 21.2 Å². The van der Waals surface area contributed by atoms with Gasteiger partial charge in [-0.05, 0) is 30.3 Å². The predicted octanol–water partition coefficient (Wildman–Crippen LogP) is 3.49. The number of H-pyrrole nitrogens is 1. The number of pyridine rings is 1. The number of fused-ring (bicyclic) bond motifs is 2. The van der Waals surface area contributed by atoms with Crippen molar-refractivity contribution >= 4 is 44.3 Å². The lowest BCUT2D eigenvalue weighted by Gasteiger charge is -2.33. The van der Waals surface area contributed by atoms with Crippen molar-refractivity contribution in [2.45, 2.75) is 6.10 Å². The Morgan fingerprint density at radius 1 is 1.32 bits per heavy atom. The SMILES string of the molecule is CNC(=O)c1sc2ncccc2c1[C@@H]1CN(C(=O)c2cc3ccc(F)cc3[nH]2)CCO1. The molecule has 2 N–H and O–H groups in total. The van der Waals surface area contributed by atoms with E-state index in [1.165, 1.54) is 23.5 Å². The molecule has 0 unspecified atom stereocenters. The van der Waals surface area contributed by atoms with Crippen LogP contribution in [0.4, 0.5) is 4.39 Å². The van der Waals surface area contributed by atoms with Crippen LogP contribution in [0.15, 0.2) is 42.6 Å². The molecule has 3 aromatic heterocycles. The van der Waals surface area contributed by atoms with E-state index in [2.05, 4.69) is 15.3 Å². The molecule has 1 aliphatic heterocycles. The Balaban J connectivity index is 1.48. The first kappa shape index (κ1) is 19.7. The number of halogens is 1. The number of aromatic nitrogens is 2. The van der Waals surface area contributed by atoms with E-state index in [4.69, 9.17) is 4.74 Å². The molecule has 9 heteroatoms. The fraction of sp³-hybridized carbons (Fsp3) is 0.227. The largest absolute Gasteiger partial charge is 0.370 e. The molecule has 4 heterocycles. The van der Waals surface area contributed by atoms with Crippen LogP contribution >= 0.6 is 11.3 Å². The van der Waals surface area contributed by atoms with Crippen molar-refractivity contribution in [2.75, 3.05) is 26.7 Å². The molecule has 1 saturated heterocycles. The topological polar surface area (TPSA) is 87.3 Å². The predicted molar refractivity (Wildman–Crippen MR) is 116 cm³/mol. The molecule has 5 rings (SSSR count). The molecule has 1 aromatic carbocycles. The van der Waals surface area contributed by atoms with Gasteiger partial charge < -0.3 is 19.9 Å². The number of ether oxygens (including phenoxy) is 1. The van der Waals surface area contributed by atoms with E-state index in [-0.39, 0.29) is 17.6 Å². The van der Waals surface area contributed by atoms with E-state index < -0.39 is 6.10 Å². The monoisotopic (exact) mass is 438 g/mol. The van der Waals surface area contributed by atoms with Gasteiger partial charge in [-0.25, -0.2) is 9.37 Å². The minimum atomic E-state index is -0.454. The highest BCUT2D eigenvalue weighted by atomic mass is 32.1. The summed E-state index contributed by atoms with van der Waals surface area (Å²) >= 11 is 1.31. The number of rotatable bonds is 3. The number of hydrogen-bond acceptors (Lipinski definition) is 5. The van der Waals surface area contributed by atoms with Gasteiger partial charge in [-0.15, -0.1) is 11.3 Å². The summed E-state index contributed by atoms with van der Waals surface area (Å²) in [4.78, 5) is 36.0. The van der Waals surface area contributed by atoms with Gasteiger partial charge in [-0.3, -0.25) is 9.59 Å². The molecule has 0 bridgehead atoms. The third-order valence-corrected chi connectivity index (χ3v) is 6.56. The van der Waals surface area contributed by atoms with Crippen molar-refractivity contribution in [3.8, 4) is 0 Å². The number of hydrogen-bond donors (Lipinski definition) is 2. The zero-order valence-electron chi connectivity index (χ0n) is 16.6. The van der Waals surface area contributed by atoms with Crippen LogP contribution in [-0.2, 0) is 4.74 Å². The summed E-state index contributed by atoms with van der Waals surface area (Å²) in [5.41, 5.74) is 1.72. The maximum Gasteiger partial charge on any atom is 0.270 e. The second-order valence-electron chi connectivity index (χ2n) is 7.31. The van der Waals surface area contributed by atoms with Gasteiger partial charge in [0.1, 0.15) is 27.3 Å². The van der Waals surface area contributed by atoms with E-state index >= 15 is 0 Å². The second-order valence-corrected chi connectivity index (χ2v) is 8.30. The molecule has 1 aliphatic rings. The molecule has 31 heavy (non-hydrogen) atoms. The van der Waals surface area contributed by atoms with Crippen molar-refractivity contribution < 1.29 is 18.7 Å². The van der Waals surface area contributed by atoms with Gasteiger partial charge in [0.2, 0.25) is 0 Å². The van der Waals surface area contributed by atoms with Crippen LogP contribution < -0.4 is 5.32 Å². The molecule has 0 aliphatic carbocycles. The van der Waals surface area contributed by atoms with E-state index in [0.29, 0.717) is 35.8 Å². The van der Waals surface area contributed by atoms with Crippen molar-refractivity contribution in [3.05, 3.63) is 64.5 Å². The van der Waals surface area contributed by atoms with Gasteiger partial charge in [0.05, 0.1) is 13.2 Å². The number of aromatic amines is 1. The zero-order chi connectivity index (χ0) is 21.5. The first-order valence-electron chi connectivity index (χ1n) is 9.84. The number of amides is 2. The fourth-order valence-corrected chi connectivity index (χ4v) is 5.09. The Morgan fingerprint density at radius 2 is 2.19 bits per heavy atom. The highest BCUT2D eigenvalue weighted by Gasteiger charge is 2.32. The van der Waals surface area contributed by atoms with Crippen molar-refractivity contribution in [1.82, 2.24) is 20.2 Å². The van der Waals surface area contributed by atoms with Crippen LogP contribution in [-0.4, -0.2) is 53.4 Å². The summed E-state index contributed by atoms with van der Waals surface area (Å²) in [6.45, 7) is 1.07. The number of nitrogens with one attached hydrogen (secondary N) is 2. The van der Waals surface area contributed by atoms with E-state index in [1.807, 2.05) is 12.1 Å². The van der Waals surface area contributed by atoms with Crippen LogP contribution in [0.5, 0.6) is 0 Å². The molecule has 0 spiro atoms. The van der Waals surface area contributed by atoms with E-state index in [1.54, 1.807) is 30.3 Å². The lowest BCUT2D eigenvalue weighted by Crippen LogP contribution is -2.42. The summed E-state index contributed by atoms with van der Waals surface area (Å²) in [6, 6.07) is 9.83. The maximum absolute atomic E-state index is 13.5. The lowest BCUT2D eigenvalue weighted by molar-refractivity contribution is -0.0224. The van der Waals surface area contributed by atoms with Gasteiger partial charge >= 0.3 is 0 Å². The summed E-state index contributed by atoms with van der Waals surface area (Å²) in [5.74, 6) is -0.758. The molecular formula is C22H19FN4O3S. The van der Waals surface area contributed by atoms with Crippen molar-refractivity contribution in [3.63, 3.8) is 0 Å². The maximum atomic E-state index is 13.5. The molecule has 1 fully saturated rings. The summed E-state index contributed by atoms with van der Waals surface area (Å²) in [5, 5.41) is 4.30. The highest BCUT2D eigenvalue weighted by Crippen LogP contribution is 2.37. The summed E-state index contributed by atoms with van der Waals surface area (Å²) in [6.07, 6.45) is 1.23. The molecule has 4 aromatic rings. The van der Waals surface area contributed by atoms with Crippen LogP contribution in [0.3, 0.4) is 0 Å². The number of thiophene rings is 1. The molecule has 1 atom stereocenters. The second kappa shape index (κ2) is 7.75. The number of benzene rings is 1. The van der Waals surface area contributed by atoms with Gasteiger partial charge in [-0.1, -0.05) is 6.07 Å². The Labute approximate surface area is 180 Å². The first-order chi connectivity index (χ1) is 15.0. The number of carbonyl (C=O) groups excluding carboxylic acids is 2. The average molecular weight is 438 g/mol. The van der Waals surface area contributed by atoms with Gasteiger partial charge in [0.15, 0.2) is 0 Å². The van der Waals surface area contributed by atoms with Gasteiger partial charge in [-0.2, -0.15) is 0 Å². The highest BCUT2D eigenvalue weighted by molar-refractivity contribution is 7.20. The Morgan fingerprint density at radius 3 is 3.03 bits per heavy atom. The number of nitrogens with zero attached hydrogens (tertiary/aromatic N) is 2. The number of carbonyl (C=O) groups is 2. The lowest BCUT2D eigenvalue weighted by atomic mass is 10.0. The smallest absolute Gasteiger partial charge is 0.270 e. The zero-order valence-corrected chi connectivity index (χ0v) is 17.5. The molecule has 0 saturated carbocycles. The Kier molecular flexibility index (Phi) is 4.91. The van der Waals surface area contributed by atoms with Crippen LogP contribution in [0, 0.1) is 5.82 Å². The first-order valence-corrected chi connectivity index (χ1v) is 10.7. The van der Waals surface area contributed by atoms with Crippen LogP contribution in [0.1, 0.15) is 31.8 Å². The fourth-order valence-electron chi connectivity index (χ4n) is 3.95. The van der Waals surface area contributed by atoms with Gasteiger partial charge in [0, 0.05) is 41.6 Å². The van der Waals surface area contributed by atoms with Gasteiger partial charge in [0.25, 0.3) is 11.8 Å². The third-order valence-electron chi connectivity index (χ3n) is 5.43. The quantitative estimate of drug-likeness (QED) is 0.513. The third kappa shape index (κ3) is 3.45. The van der Waals surface area contributed by atoms with Crippen molar-refractivity contribution in [1.29, 1.82) is 0 Å². The normalized spacial score (nSPS) is 16.7. The van der Waals surface area contributed by atoms with Crippen LogP contribution in [0.25, 0.3) is 21.1 Å². The summed E-state index contributed by atoms with van der Waals surface area (Å²) in [7, 11) is 1.58. The standard InChI is InChI=1S/C22H19FN4O3S/c1-24-20(28)19-18(14-3-2-6-25-21(14)31-19)17-11-27(7-8-30-17)22(29)16-9-12-4-5-13(23)10-15(12)26-16/h2-6,9-10,17,26H,7-8,11H2,1H3,(H,24,28)/t17-/m0/s1. The van der Waals surface area contributed by atoms with Crippen LogP contribution in [0.2, 0.25) is 0 Å². The summed E-state index contributed by atoms with van der Waals surface area (Å²) < 4.78 is 19.5. The van der Waals surface area contributed by atoms with E-state index in [9.17, 15) is 14.0 Å². The van der Waals surface area contributed by atoms with Crippen molar-refractivity contribution in [2.24, 2.45) is 0 Å². The number of morpholine rings is 1. The average Bonchev–Trinajstić information content (AvgIpc) is 3.39.